The molecule has 0 aliphatic carbocycles. The average molecular weight is 202 g/mol. The SMILES string of the molecule is CS[PH]#Sc1ccc(C)cc1. The van der Waals surface area contributed by atoms with Crippen molar-refractivity contribution < 1.29 is 0 Å². The maximum atomic E-state index is 2.18. The molecule has 0 bridgehead atoms. The van der Waals surface area contributed by atoms with Crippen molar-refractivity contribution in [2.24, 2.45) is 0 Å². The van der Waals surface area contributed by atoms with E-state index in [1.54, 1.807) is 0 Å². The van der Waals surface area contributed by atoms with Crippen molar-refractivity contribution in [1.82, 2.24) is 0 Å². The molecule has 1 atom stereocenters. The van der Waals surface area contributed by atoms with Crippen LogP contribution in [-0.4, -0.2) is 6.26 Å². The molecule has 0 heterocycles. The summed E-state index contributed by atoms with van der Waals surface area (Å²) in [5.41, 5.74) is 1.34. The minimum Gasteiger partial charge on any atom is -0.119 e. The molecule has 0 N–H and O–H groups in total. The van der Waals surface area contributed by atoms with Crippen molar-refractivity contribution in [2.75, 3.05) is 6.26 Å². The third-order valence-corrected chi connectivity index (χ3v) is 5.73. The highest BCUT2D eigenvalue weighted by molar-refractivity contribution is 8.57. The topological polar surface area (TPSA) is 0 Å². The summed E-state index contributed by atoms with van der Waals surface area (Å²) < 4.78 is 0. The molecule has 0 aliphatic heterocycles. The molecule has 0 radical (unpaired) electrons. The van der Waals surface area contributed by atoms with Crippen LogP contribution in [0.25, 0.3) is 0 Å². The lowest BCUT2D eigenvalue weighted by Crippen LogP contribution is -1.67. The Labute approximate surface area is 76.5 Å². The van der Waals surface area contributed by atoms with E-state index in [9.17, 15) is 0 Å². The van der Waals surface area contributed by atoms with Crippen molar-refractivity contribution >= 4 is 28.5 Å². The van der Waals surface area contributed by atoms with Gasteiger partial charge in [0, 0.05) is 4.90 Å². The first-order chi connectivity index (χ1) is 5.33. The summed E-state index contributed by atoms with van der Waals surface area (Å²) in [6.07, 6.45) is 3.06. The second-order valence-corrected chi connectivity index (χ2v) is 7.29. The Kier molecular flexibility index (Phi) is 4.06. The van der Waals surface area contributed by atoms with Crippen LogP contribution in [0.5, 0.6) is 0 Å². The van der Waals surface area contributed by atoms with E-state index >= 15 is 0 Å². The van der Waals surface area contributed by atoms with E-state index in [1.165, 1.54) is 10.5 Å². The highest BCUT2D eigenvalue weighted by Crippen LogP contribution is 2.22. The second kappa shape index (κ2) is 4.87. The van der Waals surface area contributed by atoms with Gasteiger partial charge in [-0.3, -0.25) is 0 Å². The quantitative estimate of drug-likeness (QED) is 0.574. The number of benzene rings is 1. The van der Waals surface area contributed by atoms with Gasteiger partial charge in [-0.1, -0.05) is 17.7 Å². The molecule has 1 aromatic carbocycles. The van der Waals surface area contributed by atoms with Gasteiger partial charge in [0.15, 0.2) is 0 Å². The molecular formula is C8H11PS2. The van der Waals surface area contributed by atoms with E-state index in [0.717, 1.165) is 6.36 Å². The van der Waals surface area contributed by atoms with Crippen molar-refractivity contribution in [1.29, 1.82) is 0 Å². The molecule has 1 unspecified atom stereocenters. The van der Waals surface area contributed by atoms with Crippen LogP contribution in [-0.2, 0) is 0 Å². The first-order valence-corrected chi connectivity index (χ1v) is 7.83. The van der Waals surface area contributed by atoms with Gasteiger partial charge in [-0.05, 0) is 31.7 Å². The van der Waals surface area contributed by atoms with Crippen molar-refractivity contribution in [3.8, 4) is 0 Å². The Morgan fingerprint density at radius 1 is 1.18 bits per heavy atom. The van der Waals surface area contributed by atoms with Crippen LogP contribution in [0.2, 0.25) is 0 Å². The summed E-state index contributed by atoms with van der Waals surface area (Å²) >= 11 is 1.89. The lowest BCUT2D eigenvalue weighted by Gasteiger charge is -1.90. The van der Waals surface area contributed by atoms with Crippen molar-refractivity contribution in [3.63, 3.8) is 0 Å². The predicted molar refractivity (Wildman–Crippen MR) is 58.9 cm³/mol. The molecule has 0 saturated carbocycles. The third-order valence-electron chi connectivity index (χ3n) is 1.26. The van der Waals surface area contributed by atoms with E-state index in [4.69, 9.17) is 0 Å². The van der Waals surface area contributed by atoms with Gasteiger partial charge in [0.2, 0.25) is 0 Å². The summed E-state index contributed by atoms with van der Waals surface area (Å²) in [5.74, 6) is 0. The fraction of sp³-hybridized carbons (Fsp3) is 0.250. The van der Waals surface area contributed by atoms with E-state index < -0.39 is 0 Å². The van der Waals surface area contributed by atoms with Gasteiger partial charge in [-0.25, -0.2) is 0 Å². The van der Waals surface area contributed by atoms with Gasteiger partial charge in [-0.15, -0.1) is 22.1 Å². The van der Waals surface area contributed by atoms with Crippen LogP contribution in [0, 0.1) is 6.92 Å². The molecular weight excluding hydrogens is 191 g/mol. The normalized spacial score (nSPS) is 10.0. The van der Waals surface area contributed by atoms with Crippen LogP contribution in [0.4, 0.5) is 0 Å². The highest BCUT2D eigenvalue weighted by Gasteiger charge is 1.83. The number of aryl methyl sites for hydroxylation is 1. The molecule has 1 aromatic rings. The van der Waals surface area contributed by atoms with Crippen LogP contribution in [0.3, 0.4) is 0 Å². The Morgan fingerprint density at radius 3 is 2.36 bits per heavy atom. The molecule has 0 spiro atoms. The van der Waals surface area contributed by atoms with Crippen LogP contribution >= 0.6 is 28.5 Å². The Balaban J connectivity index is 2.82. The molecule has 11 heavy (non-hydrogen) atoms. The summed E-state index contributed by atoms with van der Waals surface area (Å²) in [6.45, 7) is 2.12. The molecule has 0 nitrogen and oxygen atoms in total. The lowest BCUT2D eigenvalue weighted by molar-refractivity contribution is 1.39. The molecule has 0 aromatic heterocycles. The van der Waals surface area contributed by atoms with Gasteiger partial charge in [0.25, 0.3) is 0 Å². The third kappa shape index (κ3) is 3.33. The second-order valence-electron chi connectivity index (χ2n) is 2.20. The summed E-state index contributed by atoms with van der Waals surface area (Å²) in [6, 6.07) is 8.69. The standard InChI is InChI=1S/C8H11PS2/c1-7-3-5-8(6-4-7)11-9-10-2/h3-6,9H,1-2H3. The summed E-state index contributed by atoms with van der Waals surface area (Å²) in [4.78, 5) is 1.38. The Bertz CT molecular complexity index is 281. The summed E-state index contributed by atoms with van der Waals surface area (Å²) in [7, 11) is 1.92. The fourth-order valence-corrected chi connectivity index (χ4v) is 3.71. The molecule has 0 fully saturated rings. The first kappa shape index (κ1) is 9.18. The number of rotatable bonds is 0. The number of hydrogen-bond donors (Lipinski definition) is 0. The van der Waals surface area contributed by atoms with E-state index in [0.29, 0.717) is 0 Å². The zero-order valence-electron chi connectivity index (χ0n) is 6.63. The molecule has 1 rings (SSSR count). The highest BCUT2D eigenvalue weighted by atomic mass is 32.8. The number of hydrogen-bond acceptors (Lipinski definition) is 1. The largest absolute Gasteiger partial charge is 0.119 e. The van der Waals surface area contributed by atoms with Gasteiger partial charge < -0.3 is 0 Å². The van der Waals surface area contributed by atoms with Crippen LogP contribution < -0.4 is 0 Å². The van der Waals surface area contributed by atoms with E-state index in [-0.39, 0.29) is 0 Å². The van der Waals surface area contributed by atoms with Gasteiger partial charge in [0.1, 0.15) is 0 Å². The Hall–Kier alpha value is 0.0900. The predicted octanol–water partition coefficient (Wildman–Crippen LogP) is 3.96. The minimum absolute atomic E-state index is 0.922. The monoisotopic (exact) mass is 202 g/mol. The zero-order chi connectivity index (χ0) is 8.10. The van der Waals surface area contributed by atoms with Gasteiger partial charge in [-0.2, -0.15) is 0 Å². The smallest absolute Gasteiger partial charge is 0.0312 e. The van der Waals surface area contributed by atoms with Crippen molar-refractivity contribution in [3.05, 3.63) is 29.8 Å². The van der Waals surface area contributed by atoms with Crippen LogP contribution in [0.15, 0.2) is 29.2 Å². The lowest BCUT2D eigenvalue weighted by atomic mass is 10.2. The minimum atomic E-state index is 0.922. The Morgan fingerprint density at radius 2 is 1.82 bits per heavy atom. The van der Waals surface area contributed by atoms with Gasteiger partial charge >= 0.3 is 0 Å². The fourth-order valence-electron chi connectivity index (χ4n) is 0.696. The molecule has 0 saturated heterocycles. The zero-order valence-corrected chi connectivity index (χ0v) is 9.26. The van der Waals surface area contributed by atoms with E-state index in [2.05, 4.69) is 37.4 Å². The molecule has 0 amide bonds. The maximum absolute atomic E-state index is 2.18. The molecule has 3 heteroatoms. The molecule has 60 valence electrons. The van der Waals surface area contributed by atoms with E-state index in [1.807, 2.05) is 22.1 Å². The van der Waals surface area contributed by atoms with Gasteiger partial charge in [0.05, 0.1) is 0 Å². The van der Waals surface area contributed by atoms with Crippen molar-refractivity contribution in [2.45, 2.75) is 11.8 Å². The molecule has 0 aliphatic rings. The first-order valence-electron chi connectivity index (χ1n) is 3.34. The summed E-state index contributed by atoms with van der Waals surface area (Å²) in [5, 5.41) is 0. The maximum Gasteiger partial charge on any atom is 0.0312 e. The van der Waals surface area contributed by atoms with Crippen LogP contribution in [0.1, 0.15) is 5.56 Å². The average Bonchev–Trinajstić information content (AvgIpc) is 2.04.